The molecule has 0 aromatic carbocycles. The van der Waals surface area contributed by atoms with Gasteiger partial charge in [0.15, 0.2) is 11.6 Å². The van der Waals surface area contributed by atoms with Gasteiger partial charge in [-0.25, -0.2) is 9.78 Å². The highest BCUT2D eigenvalue weighted by atomic mass is 35.5. The summed E-state index contributed by atoms with van der Waals surface area (Å²) >= 11 is 5.83. The van der Waals surface area contributed by atoms with Gasteiger partial charge in [-0.15, -0.1) is 5.10 Å². The zero-order valence-electron chi connectivity index (χ0n) is 13.4. The number of ether oxygens (including phenoxy) is 1. The summed E-state index contributed by atoms with van der Waals surface area (Å²) in [5.41, 5.74) is 5.29. The smallest absolute Gasteiger partial charge is 0.414 e. The molecular weight excluding hydrogens is 320 g/mol. The average molecular weight is 339 g/mol. The Labute approximate surface area is 139 Å². The summed E-state index contributed by atoms with van der Waals surface area (Å²) in [4.78, 5) is 20.2. The van der Waals surface area contributed by atoms with Gasteiger partial charge in [-0.05, 0) is 39.8 Å². The third-order valence-electron chi connectivity index (χ3n) is 2.58. The van der Waals surface area contributed by atoms with E-state index in [1.807, 2.05) is 0 Å². The van der Waals surface area contributed by atoms with Gasteiger partial charge in [-0.2, -0.15) is 9.67 Å². The predicted octanol–water partition coefficient (Wildman–Crippen LogP) is 2.68. The number of hydrogen-bond acceptors (Lipinski definition) is 6. The van der Waals surface area contributed by atoms with Gasteiger partial charge in [0.05, 0.1) is 11.1 Å². The van der Waals surface area contributed by atoms with E-state index in [-0.39, 0.29) is 5.95 Å². The number of nitrogens with zero attached hydrogens (tertiary/aromatic N) is 4. The zero-order valence-corrected chi connectivity index (χ0v) is 14.1. The number of hydrogen-bond donors (Lipinski definition) is 2. The molecule has 23 heavy (non-hydrogen) atoms. The fourth-order valence-electron chi connectivity index (χ4n) is 1.73. The molecule has 0 aliphatic carbocycles. The summed E-state index contributed by atoms with van der Waals surface area (Å²) < 4.78 is 6.62. The first kappa shape index (κ1) is 17.2. The number of pyridine rings is 1. The summed E-state index contributed by atoms with van der Waals surface area (Å²) in [7, 11) is 0. The van der Waals surface area contributed by atoms with Crippen LogP contribution in [0.4, 0.5) is 10.7 Å². The minimum atomic E-state index is -0.644. The van der Waals surface area contributed by atoms with Crippen LogP contribution in [0.25, 0.3) is 5.82 Å². The number of rotatable bonds is 3. The molecule has 9 heteroatoms. The van der Waals surface area contributed by atoms with E-state index in [4.69, 9.17) is 22.1 Å². The summed E-state index contributed by atoms with van der Waals surface area (Å²) in [5, 5.41) is 7.19. The van der Waals surface area contributed by atoms with Crippen molar-refractivity contribution in [1.29, 1.82) is 0 Å². The van der Waals surface area contributed by atoms with Crippen LogP contribution in [0.3, 0.4) is 0 Å². The number of carbonyl (C=O) groups excluding carboxylic acids is 1. The van der Waals surface area contributed by atoms with Crippen molar-refractivity contribution in [3.63, 3.8) is 0 Å². The molecule has 2 aromatic rings. The molecule has 1 unspecified atom stereocenters. The van der Waals surface area contributed by atoms with E-state index >= 15 is 0 Å². The number of aromatic nitrogens is 4. The van der Waals surface area contributed by atoms with Crippen LogP contribution in [0.15, 0.2) is 18.3 Å². The summed E-state index contributed by atoms with van der Waals surface area (Å²) in [6, 6.07) is 2.95. The van der Waals surface area contributed by atoms with E-state index in [1.165, 1.54) is 10.9 Å². The Morgan fingerprint density at radius 1 is 1.43 bits per heavy atom. The molecule has 2 rings (SSSR count). The topological polar surface area (TPSA) is 108 Å². The highest BCUT2D eigenvalue weighted by Gasteiger charge is 2.20. The van der Waals surface area contributed by atoms with E-state index in [9.17, 15) is 4.79 Å². The van der Waals surface area contributed by atoms with Crippen molar-refractivity contribution < 1.29 is 9.53 Å². The second kappa shape index (κ2) is 6.51. The number of nitrogens with one attached hydrogen (secondary N) is 1. The second-order valence-corrected chi connectivity index (χ2v) is 6.39. The fourth-order valence-corrected chi connectivity index (χ4v) is 1.84. The molecule has 124 valence electrons. The molecule has 2 heterocycles. The molecular formula is C14H19ClN6O2. The molecule has 1 amide bonds. The van der Waals surface area contributed by atoms with Crippen LogP contribution in [0, 0.1) is 0 Å². The molecule has 0 aliphatic rings. The van der Waals surface area contributed by atoms with Crippen LogP contribution in [0.5, 0.6) is 0 Å². The Kier molecular flexibility index (Phi) is 4.86. The Hall–Kier alpha value is -2.19. The maximum absolute atomic E-state index is 11.8. The van der Waals surface area contributed by atoms with Crippen molar-refractivity contribution in [2.24, 2.45) is 5.73 Å². The van der Waals surface area contributed by atoms with Crippen LogP contribution in [0.1, 0.15) is 39.6 Å². The number of nitrogens with two attached hydrogens (primary N) is 1. The number of amides is 1. The van der Waals surface area contributed by atoms with Crippen molar-refractivity contribution in [1.82, 2.24) is 19.7 Å². The molecule has 8 nitrogen and oxygen atoms in total. The highest BCUT2D eigenvalue weighted by Crippen LogP contribution is 2.17. The molecule has 0 radical (unpaired) electrons. The molecule has 1 atom stereocenters. The van der Waals surface area contributed by atoms with Crippen molar-refractivity contribution in [3.8, 4) is 5.82 Å². The Morgan fingerprint density at radius 3 is 2.65 bits per heavy atom. The summed E-state index contributed by atoms with van der Waals surface area (Å²) in [5.74, 6) is 1.03. The average Bonchev–Trinajstić information content (AvgIpc) is 2.81. The molecule has 0 aliphatic heterocycles. The zero-order chi connectivity index (χ0) is 17.2. The van der Waals surface area contributed by atoms with E-state index in [2.05, 4.69) is 20.4 Å². The first-order chi connectivity index (χ1) is 10.7. The third kappa shape index (κ3) is 4.64. The molecule has 3 N–H and O–H groups in total. The normalized spacial score (nSPS) is 12.8. The maximum atomic E-state index is 11.8. The van der Waals surface area contributed by atoms with Gasteiger partial charge in [-0.1, -0.05) is 11.6 Å². The lowest BCUT2D eigenvalue weighted by Crippen LogP contribution is -2.27. The van der Waals surface area contributed by atoms with Crippen LogP contribution in [0.2, 0.25) is 5.02 Å². The number of carbonyl (C=O) groups is 1. The van der Waals surface area contributed by atoms with Gasteiger partial charge in [-0.3, -0.25) is 5.32 Å². The lowest BCUT2D eigenvalue weighted by Gasteiger charge is -2.18. The lowest BCUT2D eigenvalue weighted by atomic mass is 10.2. The Morgan fingerprint density at radius 2 is 2.13 bits per heavy atom. The van der Waals surface area contributed by atoms with E-state index in [0.29, 0.717) is 16.7 Å². The quantitative estimate of drug-likeness (QED) is 0.890. The SMILES string of the molecule is CC(N)c1nc(NC(=O)OC(C)(C)C)nn1-c1ccc(Cl)cn1. The minimum Gasteiger partial charge on any atom is -0.444 e. The first-order valence-corrected chi connectivity index (χ1v) is 7.38. The van der Waals surface area contributed by atoms with Crippen molar-refractivity contribution in [2.75, 3.05) is 5.32 Å². The van der Waals surface area contributed by atoms with Crippen molar-refractivity contribution >= 4 is 23.6 Å². The minimum absolute atomic E-state index is 0.0864. The van der Waals surface area contributed by atoms with Crippen LogP contribution in [-0.4, -0.2) is 31.4 Å². The summed E-state index contributed by atoms with van der Waals surface area (Å²) in [6.45, 7) is 7.06. The highest BCUT2D eigenvalue weighted by molar-refractivity contribution is 6.30. The third-order valence-corrected chi connectivity index (χ3v) is 2.80. The lowest BCUT2D eigenvalue weighted by molar-refractivity contribution is 0.0634. The van der Waals surface area contributed by atoms with Crippen LogP contribution in [-0.2, 0) is 4.74 Å². The monoisotopic (exact) mass is 338 g/mol. The molecule has 0 spiro atoms. The van der Waals surface area contributed by atoms with Gasteiger partial charge in [0, 0.05) is 6.20 Å². The standard InChI is InChI=1S/C14H19ClN6O2/c1-8(16)11-18-12(19-13(22)23-14(2,3)4)20-21(11)10-6-5-9(15)7-17-10/h5-8H,16H2,1-4H3,(H,19,20,22). The predicted molar refractivity (Wildman–Crippen MR) is 86.6 cm³/mol. The van der Waals surface area contributed by atoms with E-state index < -0.39 is 17.7 Å². The molecule has 0 bridgehead atoms. The molecule has 2 aromatic heterocycles. The van der Waals surface area contributed by atoms with Crippen molar-refractivity contribution in [3.05, 3.63) is 29.2 Å². The Bertz CT molecular complexity index is 690. The molecule has 0 fully saturated rings. The van der Waals surface area contributed by atoms with Gasteiger partial charge < -0.3 is 10.5 Å². The Balaban J connectivity index is 2.28. The van der Waals surface area contributed by atoms with Gasteiger partial charge in [0.2, 0.25) is 0 Å². The number of halogens is 1. The van der Waals surface area contributed by atoms with E-state index in [1.54, 1.807) is 39.8 Å². The van der Waals surface area contributed by atoms with Crippen LogP contribution >= 0.6 is 11.6 Å². The summed E-state index contributed by atoms with van der Waals surface area (Å²) in [6.07, 6.45) is 0.847. The fraction of sp³-hybridized carbons (Fsp3) is 0.429. The molecule has 0 saturated carbocycles. The van der Waals surface area contributed by atoms with Gasteiger partial charge >= 0.3 is 6.09 Å². The van der Waals surface area contributed by atoms with Crippen LogP contribution < -0.4 is 11.1 Å². The van der Waals surface area contributed by atoms with Crippen molar-refractivity contribution in [2.45, 2.75) is 39.3 Å². The largest absolute Gasteiger partial charge is 0.444 e. The first-order valence-electron chi connectivity index (χ1n) is 7.00. The number of anilines is 1. The van der Waals surface area contributed by atoms with Gasteiger partial charge in [0.25, 0.3) is 5.95 Å². The second-order valence-electron chi connectivity index (χ2n) is 5.96. The maximum Gasteiger partial charge on any atom is 0.414 e. The van der Waals surface area contributed by atoms with E-state index in [0.717, 1.165) is 0 Å². The van der Waals surface area contributed by atoms with Gasteiger partial charge in [0.1, 0.15) is 5.60 Å². The molecule has 0 saturated heterocycles.